The molecule has 2 rings (SSSR count). The minimum absolute atomic E-state index is 0.142. The molecule has 1 unspecified atom stereocenters. The van der Waals surface area contributed by atoms with E-state index in [2.05, 4.69) is 5.32 Å². The van der Waals surface area contributed by atoms with Gasteiger partial charge in [-0.1, -0.05) is 23.7 Å². The van der Waals surface area contributed by atoms with Crippen LogP contribution in [0, 0.1) is 0 Å². The summed E-state index contributed by atoms with van der Waals surface area (Å²) in [5.74, 6) is 0. The minimum atomic E-state index is 0.142. The SMILES string of the molecule is CCOC(CNC1CC1)c1ccc(Cl)cc1. The Bertz CT molecular complexity index is 321. The molecule has 1 saturated carbocycles. The van der Waals surface area contributed by atoms with Gasteiger partial charge in [0.05, 0.1) is 6.10 Å². The summed E-state index contributed by atoms with van der Waals surface area (Å²) in [7, 11) is 0. The quantitative estimate of drug-likeness (QED) is 0.824. The van der Waals surface area contributed by atoms with Crippen LogP contribution < -0.4 is 5.32 Å². The zero-order valence-electron chi connectivity index (χ0n) is 9.58. The van der Waals surface area contributed by atoms with Crippen molar-refractivity contribution in [2.45, 2.75) is 31.9 Å². The highest BCUT2D eigenvalue weighted by atomic mass is 35.5. The molecule has 0 aromatic heterocycles. The maximum absolute atomic E-state index is 5.87. The average molecular weight is 240 g/mol. The number of halogens is 1. The van der Waals surface area contributed by atoms with Gasteiger partial charge in [-0.05, 0) is 37.5 Å². The molecular formula is C13H18ClNO. The van der Waals surface area contributed by atoms with Crippen molar-refractivity contribution < 1.29 is 4.74 Å². The molecular weight excluding hydrogens is 222 g/mol. The predicted octanol–water partition coefficient (Wildman–Crippen LogP) is 3.17. The second kappa shape index (κ2) is 5.67. The molecule has 0 bridgehead atoms. The highest BCUT2D eigenvalue weighted by molar-refractivity contribution is 6.30. The number of hydrogen-bond donors (Lipinski definition) is 1. The number of ether oxygens (including phenoxy) is 1. The normalized spacial score (nSPS) is 17.4. The summed E-state index contributed by atoms with van der Waals surface area (Å²) < 4.78 is 5.74. The average Bonchev–Trinajstić information content (AvgIpc) is 3.09. The van der Waals surface area contributed by atoms with Crippen molar-refractivity contribution in [1.82, 2.24) is 5.32 Å². The molecule has 0 saturated heterocycles. The van der Waals surface area contributed by atoms with E-state index in [0.29, 0.717) is 0 Å². The molecule has 16 heavy (non-hydrogen) atoms. The van der Waals surface area contributed by atoms with Gasteiger partial charge in [-0.15, -0.1) is 0 Å². The number of hydrogen-bond acceptors (Lipinski definition) is 2. The zero-order chi connectivity index (χ0) is 11.4. The van der Waals surface area contributed by atoms with Gasteiger partial charge in [0.2, 0.25) is 0 Å². The molecule has 88 valence electrons. The lowest BCUT2D eigenvalue weighted by molar-refractivity contribution is 0.0621. The highest BCUT2D eigenvalue weighted by Gasteiger charge is 2.22. The molecule has 1 aromatic carbocycles. The first kappa shape index (κ1) is 11.9. The van der Waals surface area contributed by atoms with Gasteiger partial charge in [-0.2, -0.15) is 0 Å². The number of rotatable bonds is 6. The van der Waals surface area contributed by atoms with Gasteiger partial charge in [-0.3, -0.25) is 0 Å². The van der Waals surface area contributed by atoms with Gasteiger partial charge >= 0.3 is 0 Å². The van der Waals surface area contributed by atoms with Crippen LogP contribution in [-0.4, -0.2) is 19.2 Å². The van der Waals surface area contributed by atoms with Crippen LogP contribution in [0.25, 0.3) is 0 Å². The molecule has 0 amide bonds. The van der Waals surface area contributed by atoms with Crippen LogP contribution in [0.4, 0.5) is 0 Å². The van der Waals surface area contributed by atoms with E-state index in [-0.39, 0.29) is 6.10 Å². The Morgan fingerprint density at radius 3 is 2.62 bits per heavy atom. The molecule has 0 spiro atoms. The second-order valence-corrected chi connectivity index (χ2v) is 4.61. The Balaban J connectivity index is 1.95. The van der Waals surface area contributed by atoms with E-state index < -0.39 is 0 Å². The van der Waals surface area contributed by atoms with Crippen molar-refractivity contribution in [1.29, 1.82) is 0 Å². The lowest BCUT2D eigenvalue weighted by atomic mass is 10.1. The molecule has 1 fully saturated rings. The first-order chi connectivity index (χ1) is 7.79. The van der Waals surface area contributed by atoms with E-state index in [0.717, 1.165) is 24.2 Å². The second-order valence-electron chi connectivity index (χ2n) is 4.18. The molecule has 0 heterocycles. The molecule has 2 nitrogen and oxygen atoms in total. The maximum atomic E-state index is 5.87. The Morgan fingerprint density at radius 2 is 2.06 bits per heavy atom. The molecule has 1 aliphatic rings. The van der Waals surface area contributed by atoms with Crippen LogP contribution in [0.3, 0.4) is 0 Å². The molecule has 1 aromatic rings. The third-order valence-corrected chi connectivity index (χ3v) is 3.03. The first-order valence-electron chi connectivity index (χ1n) is 5.90. The fraction of sp³-hybridized carbons (Fsp3) is 0.538. The fourth-order valence-electron chi connectivity index (χ4n) is 1.71. The molecule has 1 aliphatic carbocycles. The van der Waals surface area contributed by atoms with E-state index >= 15 is 0 Å². The van der Waals surface area contributed by atoms with Gasteiger partial charge in [-0.25, -0.2) is 0 Å². The van der Waals surface area contributed by atoms with Crippen molar-refractivity contribution in [3.05, 3.63) is 34.9 Å². The first-order valence-corrected chi connectivity index (χ1v) is 6.28. The Kier molecular flexibility index (Phi) is 4.22. The summed E-state index contributed by atoms with van der Waals surface area (Å²) >= 11 is 5.87. The van der Waals surface area contributed by atoms with E-state index in [4.69, 9.17) is 16.3 Å². The van der Waals surface area contributed by atoms with Crippen LogP contribution in [-0.2, 0) is 4.74 Å². The van der Waals surface area contributed by atoms with Crippen molar-refractivity contribution >= 4 is 11.6 Å². The van der Waals surface area contributed by atoms with Crippen molar-refractivity contribution in [3.63, 3.8) is 0 Å². The Hall–Kier alpha value is -0.570. The topological polar surface area (TPSA) is 21.3 Å². The van der Waals surface area contributed by atoms with Gasteiger partial charge in [0.15, 0.2) is 0 Å². The zero-order valence-corrected chi connectivity index (χ0v) is 10.3. The van der Waals surface area contributed by atoms with Gasteiger partial charge in [0.1, 0.15) is 0 Å². The molecule has 3 heteroatoms. The summed E-state index contributed by atoms with van der Waals surface area (Å²) in [5, 5.41) is 4.27. The third kappa shape index (κ3) is 3.48. The predicted molar refractivity (Wildman–Crippen MR) is 66.8 cm³/mol. The molecule has 0 radical (unpaired) electrons. The van der Waals surface area contributed by atoms with Gasteiger partial charge in [0, 0.05) is 24.2 Å². The van der Waals surface area contributed by atoms with Crippen LogP contribution >= 0.6 is 11.6 Å². The lowest BCUT2D eigenvalue weighted by Crippen LogP contribution is -2.25. The van der Waals surface area contributed by atoms with Gasteiger partial charge in [0.25, 0.3) is 0 Å². The third-order valence-electron chi connectivity index (χ3n) is 2.78. The fourth-order valence-corrected chi connectivity index (χ4v) is 1.84. The summed E-state index contributed by atoms with van der Waals surface area (Å²) in [5.41, 5.74) is 1.19. The van der Waals surface area contributed by atoms with E-state index in [9.17, 15) is 0 Å². The smallest absolute Gasteiger partial charge is 0.0949 e. The molecule has 0 aliphatic heterocycles. The van der Waals surface area contributed by atoms with Crippen molar-refractivity contribution in [2.75, 3.05) is 13.2 Å². The lowest BCUT2D eigenvalue weighted by Gasteiger charge is -2.18. The molecule has 1 atom stereocenters. The van der Waals surface area contributed by atoms with Crippen molar-refractivity contribution in [2.24, 2.45) is 0 Å². The van der Waals surface area contributed by atoms with Gasteiger partial charge < -0.3 is 10.1 Å². The van der Waals surface area contributed by atoms with Crippen molar-refractivity contribution in [3.8, 4) is 0 Å². The summed E-state index contributed by atoms with van der Waals surface area (Å²) in [6.07, 6.45) is 2.75. The Morgan fingerprint density at radius 1 is 1.38 bits per heavy atom. The van der Waals surface area contributed by atoms with Crippen LogP contribution in [0.1, 0.15) is 31.4 Å². The molecule has 1 N–H and O–H groups in total. The van der Waals surface area contributed by atoms with Crippen LogP contribution in [0.15, 0.2) is 24.3 Å². The number of nitrogens with one attached hydrogen (secondary N) is 1. The monoisotopic (exact) mass is 239 g/mol. The minimum Gasteiger partial charge on any atom is -0.372 e. The van der Waals surface area contributed by atoms with E-state index in [1.54, 1.807) is 0 Å². The van der Waals surface area contributed by atoms with Crippen LogP contribution in [0.5, 0.6) is 0 Å². The summed E-state index contributed by atoms with van der Waals surface area (Å²) in [6, 6.07) is 8.63. The number of benzene rings is 1. The van der Waals surface area contributed by atoms with Crippen LogP contribution in [0.2, 0.25) is 5.02 Å². The summed E-state index contributed by atoms with van der Waals surface area (Å²) in [6.45, 7) is 3.65. The van der Waals surface area contributed by atoms with E-state index in [1.807, 2.05) is 31.2 Å². The standard InChI is InChI=1S/C13H18ClNO/c1-2-16-13(9-15-12-7-8-12)10-3-5-11(14)6-4-10/h3-6,12-13,15H,2,7-9H2,1H3. The maximum Gasteiger partial charge on any atom is 0.0949 e. The highest BCUT2D eigenvalue weighted by Crippen LogP contribution is 2.23. The van der Waals surface area contributed by atoms with E-state index in [1.165, 1.54) is 18.4 Å². The largest absolute Gasteiger partial charge is 0.372 e. The Labute approximate surface area is 102 Å². The summed E-state index contributed by atoms with van der Waals surface area (Å²) in [4.78, 5) is 0.